The van der Waals surface area contributed by atoms with Crippen LogP contribution in [0.3, 0.4) is 0 Å². The minimum atomic E-state index is -1.91. The topological polar surface area (TPSA) is 80.9 Å². The standard InChI is InChI=1S/C35H48O4/c1-31(2,3)25-12-10-24(11-13-25)30(38)34(22-36,23-37)35(39,28-18-14-26(15-19-28)32(4,5)6)29-20-16-27(17-21-29)33(7,8)9/h10-21,30,36-39H,22-23H2,1-9H3. The second-order valence-electron chi connectivity index (χ2n) is 14.1. The van der Waals surface area contributed by atoms with Gasteiger partial charge < -0.3 is 20.4 Å². The summed E-state index contributed by atoms with van der Waals surface area (Å²) in [7, 11) is 0. The van der Waals surface area contributed by atoms with E-state index in [1.54, 1.807) is 0 Å². The molecule has 0 aromatic heterocycles. The van der Waals surface area contributed by atoms with Gasteiger partial charge in [0, 0.05) is 0 Å². The maximum atomic E-state index is 12.8. The fourth-order valence-electron chi connectivity index (χ4n) is 5.30. The second kappa shape index (κ2) is 10.8. The van der Waals surface area contributed by atoms with E-state index in [0.717, 1.165) is 16.7 Å². The average Bonchev–Trinajstić information content (AvgIpc) is 2.88. The van der Waals surface area contributed by atoms with Crippen LogP contribution in [0, 0.1) is 5.41 Å². The lowest BCUT2D eigenvalue weighted by Crippen LogP contribution is -2.55. The molecule has 4 heteroatoms. The van der Waals surface area contributed by atoms with Gasteiger partial charge in [0.2, 0.25) is 0 Å². The summed E-state index contributed by atoms with van der Waals surface area (Å²) in [4.78, 5) is 0. The molecule has 3 aromatic carbocycles. The van der Waals surface area contributed by atoms with Crippen molar-refractivity contribution in [1.82, 2.24) is 0 Å². The van der Waals surface area contributed by atoms with Crippen molar-refractivity contribution in [1.29, 1.82) is 0 Å². The van der Waals surface area contributed by atoms with E-state index in [-0.39, 0.29) is 16.2 Å². The molecule has 0 amide bonds. The third kappa shape index (κ3) is 5.85. The summed E-state index contributed by atoms with van der Waals surface area (Å²) in [6, 6.07) is 22.8. The Labute approximate surface area is 235 Å². The first-order chi connectivity index (χ1) is 17.9. The molecule has 0 spiro atoms. The molecule has 3 aromatic rings. The van der Waals surface area contributed by atoms with Gasteiger partial charge in [0.15, 0.2) is 0 Å². The van der Waals surface area contributed by atoms with Gasteiger partial charge in [0.25, 0.3) is 0 Å². The molecule has 4 N–H and O–H groups in total. The first kappa shape index (κ1) is 31.0. The summed E-state index contributed by atoms with van der Waals surface area (Å²) >= 11 is 0. The number of aliphatic hydroxyl groups excluding tert-OH is 3. The molecule has 0 aliphatic heterocycles. The molecule has 0 saturated heterocycles. The summed E-state index contributed by atoms with van der Waals surface area (Å²) in [6.07, 6.45) is -1.36. The highest BCUT2D eigenvalue weighted by molar-refractivity contribution is 5.44. The molecule has 0 aliphatic carbocycles. The van der Waals surface area contributed by atoms with E-state index in [1.165, 1.54) is 0 Å². The lowest BCUT2D eigenvalue weighted by molar-refractivity contribution is -0.173. The summed E-state index contributed by atoms with van der Waals surface area (Å²) in [5.74, 6) is 0. The van der Waals surface area contributed by atoms with Crippen LogP contribution in [0.15, 0.2) is 72.8 Å². The maximum absolute atomic E-state index is 12.8. The predicted molar refractivity (Wildman–Crippen MR) is 160 cm³/mol. The molecule has 0 radical (unpaired) electrons. The Bertz CT molecular complexity index is 1160. The van der Waals surface area contributed by atoms with Crippen LogP contribution in [0.5, 0.6) is 0 Å². The first-order valence-electron chi connectivity index (χ1n) is 13.9. The van der Waals surface area contributed by atoms with E-state index in [9.17, 15) is 20.4 Å². The molecule has 0 aliphatic rings. The van der Waals surface area contributed by atoms with Gasteiger partial charge in [-0.2, -0.15) is 0 Å². The Morgan fingerprint density at radius 1 is 0.487 bits per heavy atom. The molecule has 39 heavy (non-hydrogen) atoms. The molecule has 1 atom stereocenters. The quantitative estimate of drug-likeness (QED) is 0.279. The van der Waals surface area contributed by atoms with Gasteiger partial charge in [0.05, 0.1) is 24.7 Å². The normalized spacial score (nSPS) is 14.4. The van der Waals surface area contributed by atoms with Gasteiger partial charge in [-0.25, -0.2) is 0 Å². The van der Waals surface area contributed by atoms with E-state index in [4.69, 9.17) is 0 Å². The van der Waals surface area contributed by atoms with E-state index in [1.807, 2.05) is 72.8 Å². The molecule has 3 rings (SSSR count). The number of benzene rings is 3. The van der Waals surface area contributed by atoms with Crippen molar-refractivity contribution < 1.29 is 20.4 Å². The van der Waals surface area contributed by atoms with Crippen LogP contribution in [0.1, 0.15) is 102 Å². The van der Waals surface area contributed by atoms with Crippen LogP contribution in [0.25, 0.3) is 0 Å². The minimum absolute atomic E-state index is 0.0706. The summed E-state index contributed by atoms with van der Waals surface area (Å²) in [5.41, 5.74) is 0.869. The monoisotopic (exact) mass is 532 g/mol. The summed E-state index contributed by atoms with van der Waals surface area (Å²) in [6.45, 7) is 17.8. The second-order valence-corrected chi connectivity index (χ2v) is 14.1. The van der Waals surface area contributed by atoms with Crippen LogP contribution >= 0.6 is 0 Å². The van der Waals surface area contributed by atoms with Crippen LogP contribution in [0.2, 0.25) is 0 Å². The minimum Gasteiger partial charge on any atom is -0.395 e. The van der Waals surface area contributed by atoms with E-state index in [2.05, 4.69) is 62.3 Å². The predicted octanol–water partition coefficient (Wildman–Crippen LogP) is 6.52. The number of aliphatic hydroxyl groups is 4. The first-order valence-corrected chi connectivity index (χ1v) is 13.9. The third-order valence-corrected chi connectivity index (χ3v) is 8.24. The Morgan fingerprint density at radius 2 is 0.744 bits per heavy atom. The van der Waals surface area contributed by atoms with Crippen molar-refractivity contribution >= 4 is 0 Å². The molecule has 0 saturated carbocycles. The highest BCUT2D eigenvalue weighted by atomic mass is 16.3. The van der Waals surface area contributed by atoms with Crippen molar-refractivity contribution in [3.05, 3.63) is 106 Å². The van der Waals surface area contributed by atoms with E-state index >= 15 is 0 Å². The van der Waals surface area contributed by atoms with Gasteiger partial charge in [-0.15, -0.1) is 0 Å². The van der Waals surface area contributed by atoms with Crippen LogP contribution in [-0.4, -0.2) is 33.6 Å². The average molecular weight is 533 g/mol. The van der Waals surface area contributed by atoms with Gasteiger partial charge in [0.1, 0.15) is 5.60 Å². The van der Waals surface area contributed by atoms with Crippen molar-refractivity contribution in [2.75, 3.05) is 13.2 Å². The zero-order valence-corrected chi connectivity index (χ0v) is 25.2. The highest BCUT2D eigenvalue weighted by Gasteiger charge is 2.57. The largest absolute Gasteiger partial charge is 0.395 e. The number of rotatable bonds is 7. The Morgan fingerprint density at radius 3 is 1.00 bits per heavy atom. The van der Waals surface area contributed by atoms with E-state index in [0.29, 0.717) is 16.7 Å². The lowest BCUT2D eigenvalue weighted by atomic mass is 9.61. The Balaban J connectivity index is 2.27. The summed E-state index contributed by atoms with van der Waals surface area (Å²) < 4.78 is 0. The fourth-order valence-corrected chi connectivity index (χ4v) is 5.30. The molecule has 0 bridgehead atoms. The van der Waals surface area contributed by atoms with Crippen molar-refractivity contribution in [3.63, 3.8) is 0 Å². The van der Waals surface area contributed by atoms with Gasteiger partial charge in [-0.05, 0) is 49.6 Å². The molecule has 1 unspecified atom stereocenters. The number of hydrogen-bond acceptors (Lipinski definition) is 4. The molecule has 4 nitrogen and oxygen atoms in total. The molecular formula is C35H48O4. The fraction of sp³-hybridized carbons (Fsp3) is 0.486. The van der Waals surface area contributed by atoms with Gasteiger partial charge in [-0.1, -0.05) is 135 Å². The maximum Gasteiger partial charge on any atom is 0.127 e. The zero-order chi connectivity index (χ0) is 29.4. The highest BCUT2D eigenvalue weighted by Crippen LogP contribution is 2.52. The van der Waals surface area contributed by atoms with Crippen LogP contribution in [0.4, 0.5) is 0 Å². The van der Waals surface area contributed by atoms with Gasteiger partial charge in [-0.3, -0.25) is 0 Å². The SMILES string of the molecule is CC(C)(C)c1ccc(C(O)C(CO)(CO)C(O)(c2ccc(C(C)(C)C)cc2)c2ccc(C(C)(C)C)cc2)cc1. The zero-order valence-electron chi connectivity index (χ0n) is 25.2. The van der Waals surface area contributed by atoms with Crippen LogP contribution < -0.4 is 0 Å². The lowest BCUT2D eigenvalue weighted by Gasteiger charge is -2.49. The smallest absolute Gasteiger partial charge is 0.127 e. The van der Waals surface area contributed by atoms with Crippen LogP contribution in [-0.2, 0) is 21.8 Å². The Kier molecular flexibility index (Phi) is 8.61. The van der Waals surface area contributed by atoms with Crippen molar-refractivity contribution in [2.45, 2.75) is 90.3 Å². The summed E-state index contributed by atoms with van der Waals surface area (Å²) in [5, 5.41) is 46.5. The number of hydrogen-bond donors (Lipinski definition) is 4. The molecule has 0 fully saturated rings. The van der Waals surface area contributed by atoms with Crippen molar-refractivity contribution in [2.24, 2.45) is 5.41 Å². The Hall–Kier alpha value is -2.50. The molecule has 0 heterocycles. The van der Waals surface area contributed by atoms with Gasteiger partial charge >= 0.3 is 0 Å². The van der Waals surface area contributed by atoms with Crippen molar-refractivity contribution in [3.8, 4) is 0 Å². The molecule has 212 valence electrons. The van der Waals surface area contributed by atoms with E-state index < -0.39 is 30.3 Å². The molecular weight excluding hydrogens is 484 g/mol. The third-order valence-electron chi connectivity index (χ3n) is 8.24.